The van der Waals surface area contributed by atoms with Gasteiger partial charge in [-0.2, -0.15) is 0 Å². The number of benzene rings is 2. The van der Waals surface area contributed by atoms with Crippen molar-refractivity contribution in [2.75, 3.05) is 0 Å². The van der Waals surface area contributed by atoms with E-state index in [0.717, 1.165) is 10.6 Å². The molecule has 19 heavy (non-hydrogen) atoms. The highest BCUT2D eigenvalue weighted by atomic mass is 32.1. The van der Waals surface area contributed by atoms with Crippen LogP contribution in [0, 0.1) is 0 Å². The zero-order valence-electron chi connectivity index (χ0n) is 10.5. The fourth-order valence-corrected chi connectivity index (χ4v) is 3.32. The number of rotatable bonds is 2. The maximum Gasteiger partial charge on any atom is 0.243 e. The van der Waals surface area contributed by atoms with Gasteiger partial charge in [-0.3, -0.25) is 10.0 Å². The van der Waals surface area contributed by atoms with Crippen LogP contribution in [0.4, 0.5) is 0 Å². The van der Waals surface area contributed by atoms with Crippen LogP contribution in [0.1, 0.15) is 12.5 Å². The monoisotopic (exact) mass is 271 g/mol. The number of hydrogen-bond donors (Lipinski definition) is 1. The van der Waals surface area contributed by atoms with Gasteiger partial charge in [0.25, 0.3) is 0 Å². The van der Waals surface area contributed by atoms with Gasteiger partial charge in [-0.05, 0) is 17.7 Å². The molecule has 0 atom stereocenters. The lowest BCUT2D eigenvalue weighted by molar-refractivity contribution is -0.165. The number of nitrogens with zero attached hydrogens (tertiary/aromatic N) is 1. The molecule has 0 fully saturated rings. The van der Waals surface area contributed by atoms with E-state index in [-0.39, 0.29) is 12.5 Å². The summed E-state index contributed by atoms with van der Waals surface area (Å²) in [6.07, 6.45) is 0. The van der Waals surface area contributed by atoms with Crippen molar-refractivity contribution in [3.8, 4) is 0 Å². The molecule has 0 saturated carbocycles. The van der Waals surface area contributed by atoms with Crippen molar-refractivity contribution >= 4 is 37.4 Å². The third kappa shape index (κ3) is 2.20. The van der Waals surface area contributed by atoms with Crippen LogP contribution in [-0.4, -0.2) is 16.2 Å². The van der Waals surface area contributed by atoms with Gasteiger partial charge in [-0.25, -0.2) is 5.06 Å². The van der Waals surface area contributed by atoms with Crippen molar-refractivity contribution in [3.63, 3.8) is 0 Å². The molecule has 3 nitrogen and oxygen atoms in total. The lowest BCUT2D eigenvalue weighted by Crippen LogP contribution is -2.23. The van der Waals surface area contributed by atoms with Crippen molar-refractivity contribution in [2.45, 2.75) is 13.5 Å². The summed E-state index contributed by atoms with van der Waals surface area (Å²) in [4.78, 5) is 11.0. The number of fused-ring (bicyclic) bond motifs is 3. The van der Waals surface area contributed by atoms with E-state index in [4.69, 9.17) is 0 Å². The fraction of sp³-hybridized carbons (Fsp3) is 0.133. The van der Waals surface area contributed by atoms with E-state index in [1.807, 2.05) is 24.3 Å². The fourth-order valence-electron chi connectivity index (χ4n) is 2.15. The zero-order chi connectivity index (χ0) is 13.4. The molecule has 1 heterocycles. The Hall–Kier alpha value is -1.91. The van der Waals surface area contributed by atoms with E-state index >= 15 is 0 Å². The topological polar surface area (TPSA) is 40.5 Å². The molecule has 3 aromatic rings. The molecule has 3 rings (SSSR count). The number of carbonyl (C=O) groups excluding carboxylic acids is 1. The minimum atomic E-state index is -0.351. The molecule has 1 N–H and O–H groups in total. The Balaban J connectivity index is 2.06. The largest absolute Gasteiger partial charge is 0.286 e. The van der Waals surface area contributed by atoms with E-state index in [0.29, 0.717) is 0 Å². The highest BCUT2D eigenvalue weighted by molar-refractivity contribution is 7.25. The third-order valence-electron chi connectivity index (χ3n) is 3.14. The van der Waals surface area contributed by atoms with Gasteiger partial charge in [-0.15, -0.1) is 11.3 Å². The van der Waals surface area contributed by atoms with Crippen LogP contribution < -0.4 is 0 Å². The van der Waals surface area contributed by atoms with Crippen molar-refractivity contribution in [1.82, 2.24) is 5.06 Å². The lowest BCUT2D eigenvalue weighted by atomic mass is 10.1. The minimum Gasteiger partial charge on any atom is -0.286 e. The van der Waals surface area contributed by atoms with Gasteiger partial charge in [0.05, 0.1) is 6.54 Å². The smallest absolute Gasteiger partial charge is 0.243 e. The summed E-state index contributed by atoms with van der Waals surface area (Å²) >= 11 is 1.73. The molecular weight excluding hydrogens is 258 g/mol. The van der Waals surface area contributed by atoms with Gasteiger partial charge in [0, 0.05) is 27.1 Å². The Kier molecular flexibility index (Phi) is 2.97. The van der Waals surface area contributed by atoms with Gasteiger partial charge in [0.15, 0.2) is 0 Å². The summed E-state index contributed by atoms with van der Waals surface area (Å²) in [5.74, 6) is -0.351. The highest BCUT2D eigenvalue weighted by Crippen LogP contribution is 2.34. The molecule has 0 aliphatic rings. The second kappa shape index (κ2) is 4.64. The van der Waals surface area contributed by atoms with E-state index in [1.165, 1.54) is 27.1 Å². The van der Waals surface area contributed by atoms with Gasteiger partial charge in [0.1, 0.15) is 0 Å². The van der Waals surface area contributed by atoms with Crippen LogP contribution >= 0.6 is 11.3 Å². The Labute approximate surface area is 114 Å². The Morgan fingerprint density at radius 1 is 1.16 bits per heavy atom. The van der Waals surface area contributed by atoms with Crippen molar-refractivity contribution in [1.29, 1.82) is 0 Å². The number of carbonyl (C=O) groups is 1. The van der Waals surface area contributed by atoms with E-state index in [2.05, 4.69) is 18.2 Å². The molecule has 0 spiro atoms. The van der Waals surface area contributed by atoms with E-state index in [9.17, 15) is 10.0 Å². The Bertz CT molecular complexity index is 763. The van der Waals surface area contributed by atoms with Crippen molar-refractivity contribution in [3.05, 3.63) is 48.0 Å². The summed E-state index contributed by atoms with van der Waals surface area (Å²) in [5, 5.41) is 12.7. The first kappa shape index (κ1) is 12.1. The maximum atomic E-state index is 11.0. The number of amides is 1. The van der Waals surface area contributed by atoms with E-state index < -0.39 is 0 Å². The highest BCUT2D eigenvalue weighted by Gasteiger charge is 2.08. The van der Waals surface area contributed by atoms with Crippen LogP contribution in [-0.2, 0) is 11.3 Å². The zero-order valence-corrected chi connectivity index (χ0v) is 11.3. The molecule has 0 saturated heterocycles. The summed E-state index contributed by atoms with van der Waals surface area (Å²) in [6.45, 7) is 1.57. The molecule has 1 amide bonds. The molecular formula is C15H13NO2S. The molecule has 0 bridgehead atoms. The first-order valence-corrected chi connectivity index (χ1v) is 6.84. The molecule has 2 aromatic carbocycles. The summed E-state index contributed by atoms with van der Waals surface area (Å²) < 4.78 is 2.43. The van der Waals surface area contributed by atoms with Crippen LogP contribution in [0.2, 0.25) is 0 Å². The second-order valence-corrected chi connectivity index (χ2v) is 5.59. The quantitative estimate of drug-likeness (QED) is 0.569. The molecule has 96 valence electrons. The van der Waals surface area contributed by atoms with Gasteiger partial charge < -0.3 is 0 Å². The third-order valence-corrected chi connectivity index (χ3v) is 4.27. The summed E-state index contributed by atoms with van der Waals surface area (Å²) in [5.41, 5.74) is 0.928. The first-order valence-electron chi connectivity index (χ1n) is 6.02. The molecule has 4 heteroatoms. The number of hydroxylamine groups is 2. The molecule has 0 unspecified atom stereocenters. The maximum absolute atomic E-state index is 11.0. The lowest BCUT2D eigenvalue weighted by Gasteiger charge is -2.12. The Morgan fingerprint density at radius 3 is 2.68 bits per heavy atom. The first-order chi connectivity index (χ1) is 9.15. The number of hydrogen-bond acceptors (Lipinski definition) is 3. The summed E-state index contributed by atoms with van der Waals surface area (Å²) in [7, 11) is 0. The van der Waals surface area contributed by atoms with Gasteiger partial charge >= 0.3 is 0 Å². The molecule has 1 aromatic heterocycles. The van der Waals surface area contributed by atoms with Gasteiger partial charge in [-0.1, -0.05) is 30.3 Å². The van der Waals surface area contributed by atoms with Crippen LogP contribution in [0.3, 0.4) is 0 Å². The predicted octanol–water partition coefficient (Wildman–Crippen LogP) is 3.79. The van der Waals surface area contributed by atoms with E-state index in [1.54, 1.807) is 11.3 Å². The average Bonchev–Trinajstić information content (AvgIpc) is 2.76. The van der Waals surface area contributed by atoms with Crippen LogP contribution in [0.15, 0.2) is 42.5 Å². The Morgan fingerprint density at radius 2 is 1.89 bits per heavy atom. The van der Waals surface area contributed by atoms with Gasteiger partial charge in [0.2, 0.25) is 5.91 Å². The predicted molar refractivity (Wildman–Crippen MR) is 77.3 cm³/mol. The van der Waals surface area contributed by atoms with Crippen LogP contribution in [0.25, 0.3) is 20.2 Å². The average molecular weight is 271 g/mol. The number of thiophene rings is 1. The summed E-state index contributed by atoms with van der Waals surface area (Å²) in [6, 6.07) is 14.3. The SMILES string of the molecule is CC(=O)N(O)Cc1ccc2c(c1)sc1ccccc12. The normalized spacial score (nSPS) is 11.1. The second-order valence-electron chi connectivity index (χ2n) is 4.51. The van der Waals surface area contributed by atoms with Crippen molar-refractivity contribution < 1.29 is 10.0 Å². The molecule has 0 radical (unpaired) electrons. The van der Waals surface area contributed by atoms with Crippen LogP contribution in [0.5, 0.6) is 0 Å². The molecule has 0 aliphatic heterocycles. The minimum absolute atomic E-state index is 0.222. The standard InChI is InChI=1S/C15H13NO2S/c1-10(17)16(18)9-11-6-7-13-12-4-2-3-5-14(12)19-15(13)8-11/h2-8,18H,9H2,1H3. The van der Waals surface area contributed by atoms with Crippen molar-refractivity contribution in [2.24, 2.45) is 0 Å². The molecule has 0 aliphatic carbocycles.